The minimum Gasteiger partial charge on any atom is -0.463 e. The van der Waals surface area contributed by atoms with Gasteiger partial charge in [0.1, 0.15) is 68.0 Å². The van der Waals surface area contributed by atoms with E-state index in [4.69, 9.17) is 66.3 Å². The number of hydrogen-bond donors (Lipinski definition) is 2. The van der Waals surface area contributed by atoms with Gasteiger partial charge >= 0.3 is 29.8 Å². The van der Waals surface area contributed by atoms with Gasteiger partial charge in [0.2, 0.25) is 11.8 Å². The molecule has 5 aliphatic heterocycles. The molecular weight excluding hydrogens is 820 g/mol. The van der Waals surface area contributed by atoms with E-state index in [9.17, 15) is 33.6 Å². The van der Waals surface area contributed by atoms with Crippen LogP contribution in [0.25, 0.3) is 0 Å². The normalized spacial score (nSPS) is 37.2. The molecule has 0 aromatic carbocycles. The second-order valence-corrected chi connectivity index (χ2v) is 16.0. The van der Waals surface area contributed by atoms with Crippen molar-refractivity contribution in [2.45, 2.75) is 180 Å². The van der Waals surface area contributed by atoms with Crippen LogP contribution in [0.5, 0.6) is 0 Å². The monoisotopic (exact) mass is 876 g/mol. The summed E-state index contributed by atoms with van der Waals surface area (Å²) in [5.74, 6) is -7.37. The number of amides is 2. The number of carbonyl (C=O) groups is 7. The van der Waals surface area contributed by atoms with Gasteiger partial charge in [-0.2, -0.15) is 0 Å². The molecule has 5 saturated heterocycles. The largest absolute Gasteiger partial charge is 0.463 e. The summed E-state index contributed by atoms with van der Waals surface area (Å²) < 4.78 is 83.7. The molecular formula is C38H56N2O21. The maximum atomic E-state index is 12.9. The molecule has 61 heavy (non-hydrogen) atoms. The molecule has 23 nitrogen and oxygen atoms in total. The van der Waals surface area contributed by atoms with Gasteiger partial charge in [-0.15, -0.1) is 0 Å². The standard InChI is InChI=1S/C38H56N2O21/c1-15(41)39-25-30(52-20(6)46)28(57-35-26(40-16(2)42)31(53-21(7)47)27(51-19(5)45)22(55-35)12-48-17(3)43)23(13-49-18(4)44)54-34(25)50-14-24-29-32(59-37(8,9)58-29)33-36(56-24)61-38(10,11)60-33/h22-36H,12-14H2,1-11H3,(H,39,41)(H,40,42)/t22-,23-,24-,25-,26-,27-,28-,29+,30-,31-,32+,33-,34-,35+,36-/m1/s1. The van der Waals surface area contributed by atoms with Crippen molar-refractivity contribution >= 4 is 41.7 Å². The second kappa shape index (κ2) is 19.5. The summed E-state index contributed by atoms with van der Waals surface area (Å²) in [4.78, 5) is 87.3. The molecule has 5 rings (SSSR count). The lowest BCUT2D eigenvalue weighted by molar-refractivity contribution is -0.338. The molecule has 15 atom stereocenters. The van der Waals surface area contributed by atoms with Crippen LogP contribution in [0.3, 0.4) is 0 Å². The van der Waals surface area contributed by atoms with Gasteiger partial charge in [-0.05, 0) is 27.7 Å². The zero-order valence-electron chi connectivity index (χ0n) is 35.9. The Bertz CT molecular complexity index is 1660. The van der Waals surface area contributed by atoms with Crippen LogP contribution >= 0.6 is 0 Å². The van der Waals surface area contributed by atoms with Crippen molar-refractivity contribution in [2.75, 3.05) is 19.8 Å². The van der Waals surface area contributed by atoms with Crippen molar-refractivity contribution in [2.24, 2.45) is 0 Å². The summed E-state index contributed by atoms with van der Waals surface area (Å²) in [7, 11) is 0. The van der Waals surface area contributed by atoms with Gasteiger partial charge in [0, 0.05) is 48.5 Å². The average Bonchev–Trinajstić information content (AvgIpc) is 3.62. The van der Waals surface area contributed by atoms with E-state index < -0.39 is 158 Å². The van der Waals surface area contributed by atoms with Crippen LogP contribution in [0.15, 0.2) is 0 Å². The average molecular weight is 877 g/mol. The van der Waals surface area contributed by atoms with Crippen molar-refractivity contribution in [1.29, 1.82) is 0 Å². The number of nitrogens with one attached hydrogen (secondary N) is 2. The van der Waals surface area contributed by atoms with Crippen molar-refractivity contribution < 1.29 is 99.9 Å². The fourth-order valence-corrected chi connectivity index (χ4v) is 7.84. The highest BCUT2D eigenvalue weighted by atomic mass is 16.9. The van der Waals surface area contributed by atoms with Gasteiger partial charge in [0.05, 0.1) is 6.61 Å². The van der Waals surface area contributed by atoms with E-state index in [1.54, 1.807) is 27.7 Å². The highest BCUT2D eigenvalue weighted by Crippen LogP contribution is 2.44. The van der Waals surface area contributed by atoms with E-state index in [1.807, 2.05) is 0 Å². The van der Waals surface area contributed by atoms with Gasteiger partial charge in [-0.3, -0.25) is 33.6 Å². The number of hydrogen-bond acceptors (Lipinski definition) is 21. The smallest absolute Gasteiger partial charge is 0.303 e. The molecule has 0 aliphatic carbocycles. The first kappa shape index (κ1) is 48.0. The third kappa shape index (κ3) is 12.3. The zero-order valence-corrected chi connectivity index (χ0v) is 35.9. The summed E-state index contributed by atoms with van der Waals surface area (Å²) in [5.41, 5.74) is 0. The SMILES string of the molecule is CC(=O)N[C@H]1[C@H](O[C@H]2[C@H](OC(C)=O)[C@@H](NC(C)=O)[C@H](OC[C@H]3O[C@@H]4OC(C)(C)O[C@@H]4[C@H]4OC(C)(C)O[C@H]43)O[C@@H]2COC(C)=O)O[C@H](COC(C)=O)[C@@H](OC(C)=O)[C@@H]1OC(C)=O. The molecule has 344 valence electrons. The first-order valence-electron chi connectivity index (χ1n) is 19.7. The van der Waals surface area contributed by atoms with Gasteiger partial charge in [0.25, 0.3) is 0 Å². The van der Waals surface area contributed by atoms with Gasteiger partial charge in [-0.1, -0.05) is 0 Å². The van der Waals surface area contributed by atoms with Crippen molar-refractivity contribution in [3.63, 3.8) is 0 Å². The van der Waals surface area contributed by atoms with E-state index in [1.165, 1.54) is 6.92 Å². The molecule has 0 aromatic rings. The van der Waals surface area contributed by atoms with Crippen molar-refractivity contribution in [1.82, 2.24) is 10.6 Å². The molecule has 5 heterocycles. The van der Waals surface area contributed by atoms with Crippen LogP contribution in [0, 0.1) is 0 Å². The molecule has 0 bridgehead atoms. The molecule has 0 saturated carbocycles. The van der Waals surface area contributed by atoms with Crippen LogP contribution in [-0.4, -0.2) is 165 Å². The predicted octanol–water partition coefficient (Wildman–Crippen LogP) is -0.835. The summed E-state index contributed by atoms with van der Waals surface area (Å²) in [5, 5.41) is 5.28. The van der Waals surface area contributed by atoms with E-state index in [0.717, 1.165) is 41.5 Å². The highest BCUT2D eigenvalue weighted by molar-refractivity contribution is 5.74. The Hall–Kier alpha value is -4.07. The maximum absolute atomic E-state index is 12.9. The molecule has 2 amide bonds. The van der Waals surface area contributed by atoms with Crippen LogP contribution in [0.2, 0.25) is 0 Å². The number of esters is 5. The lowest BCUT2D eigenvalue weighted by Crippen LogP contribution is -2.70. The fourth-order valence-electron chi connectivity index (χ4n) is 7.84. The van der Waals surface area contributed by atoms with Gasteiger partial charge in [0.15, 0.2) is 48.8 Å². The number of carbonyl (C=O) groups excluding carboxylic acids is 7. The quantitative estimate of drug-likeness (QED) is 0.159. The Labute approximate surface area is 351 Å². The van der Waals surface area contributed by atoms with E-state index in [0.29, 0.717) is 0 Å². The van der Waals surface area contributed by atoms with E-state index in [-0.39, 0.29) is 6.61 Å². The summed E-state index contributed by atoms with van der Waals surface area (Å²) in [6, 6.07) is -2.84. The topological polar surface area (TPSA) is 273 Å². The first-order valence-corrected chi connectivity index (χ1v) is 19.7. The fraction of sp³-hybridized carbons (Fsp3) is 0.816. The highest BCUT2D eigenvalue weighted by Gasteiger charge is 2.62. The number of rotatable bonds is 14. The molecule has 0 aromatic heterocycles. The van der Waals surface area contributed by atoms with E-state index in [2.05, 4.69) is 10.6 Å². The predicted molar refractivity (Wildman–Crippen MR) is 196 cm³/mol. The van der Waals surface area contributed by atoms with Crippen molar-refractivity contribution in [3.8, 4) is 0 Å². The number of fused-ring (bicyclic) bond motifs is 3. The number of ether oxygens (including phenoxy) is 14. The van der Waals surface area contributed by atoms with Gasteiger partial charge < -0.3 is 76.9 Å². The molecule has 0 unspecified atom stereocenters. The Kier molecular flexibility index (Phi) is 15.4. The van der Waals surface area contributed by atoms with Crippen LogP contribution in [0.1, 0.15) is 76.2 Å². The molecule has 5 fully saturated rings. The van der Waals surface area contributed by atoms with Crippen LogP contribution in [0.4, 0.5) is 0 Å². The Morgan fingerprint density at radius 1 is 0.475 bits per heavy atom. The molecule has 2 N–H and O–H groups in total. The Balaban J connectivity index is 1.51. The third-order valence-corrected chi connectivity index (χ3v) is 9.81. The molecule has 0 radical (unpaired) electrons. The Morgan fingerprint density at radius 3 is 1.44 bits per heavy atom. The maximum Gasteiger partial charge on any atom is 0.303 e. The third-order valence-electron chi connectivity index (χ3n) is 9.81. The lowest BCUT2D eigenvalue weighted by atomic mass is 9.93. The molecule has 5 aliphatic rings. The van der Waals surface area contributed by atoms with Crippen LogP contribution < -0.4 is 10.6 Å². The van der Waals surface area contributed by atoms with E-state index >= 15 is 0 Å². The minimum atomic E-state index is -1.70. The van der Waals surface area contributed by atoms with Gasteiger partial charge in [-0.25, -0.2) is 0 Å². The molecule has 0 spiro atoms. The van der Waals surface area contributed by atoms with Crippen LogP contribution in [-0.2, 0) is 99.9 Å². The lowest BCUT2D eigenvalue weighted by Gasteiger charge is -2.49. The summed E-state index contributed by atoms with van der Waals surface area (Å²) >= 11 is 0. The Morgan fingerprint density at radius 2 is 0.918 bits per heavy atom. The first-order chi connectivity index (χ1) is 28.4. The second-order valence-electron chi connectivity index (χ2n) is 16.0. The zero-order chi connectivity index (χ0) is 45.1. The van der Waals surface area contributed by atoms with Crippen molar-refractivity contribution in [3.05, 3.63) is 0 Å². The minimum absolute atomic E-state index is 0.275. The summed E-state index contributed by atoms with van der Waals surface area (Å²) in [6.45, 7) is 13.4. The summed E-state index contributed by atoms with van der Waals surface area (Å²) in [6.07, 6.45) is -15.8. The molecule has 23 heteroatoms.